The van der Waals surface area contributed by atoms with Crippen LogP contribution in [0.15, 0.2) is 53.9 Å². The van der Waals surface area contributed by atoms with Gasteiger partial charge in [-0.05, 0) is 18.2 Å². The van der Waals surface area contributed by atoms with Crippen LogP contribution in [0, 0.1) is 0 Å². The number of nitrogens with zero attached hydrogens (tertiary/aromatic N) is 1. The predicted molar refractivity (Wildman–Crippen MR) is 103 cm³/mol. The number of carbonyl (C=O) groups excluding carboxylic acids is 3. The molecular formula is C19H13ClN2O4S. The Morgan fingerprint density at radius 3 is 2.59 bits per heavy atom. The minimum absolute atomic E-state index is 0.253. The van der Waals surface area contributed by atoms with E-state index in [1.54, 1.807) is 11.4 Å². The van der Waals surface area contributed by atoms with Crippen molar-refractivity contribution in [1.29, 1.82) is 0 Å². The molecule has 3 aromatic rings. The third-order valence-corrected chi connectivity index (χ3v) is 4.60. The summed E-state index contributed by atoms with van der Waals surface area (Å²) in [4.78, 5) is 38.8. The maximum absolute atomic E-state index is 12.0. The number of ether oxygens (including phenoxy) is 1. The minimum Gasteiger partial charge on any atom is -0.452 e. The quantitative estimate of drug-likeness (QED) is 0.498. The third kappa shape index (κ3) is 4.78. The summed E-state index contributed by atoms with van der Waals surface area (Å²) in [5, 5.41) is 5.29. The lowest BCUT2D eigenvalue weighted by Crippen LogP contribution is -2.20. The van der Waals surface area contributed by atoms with Crippen LogP contribution in [0.2, 0.25) is 5.02 Å². The fourth-order valence-electron chi connectivity index (χ4n) is 2.19. The van der Waals surface area contributed by atoms with E-state index >= 15 is 0 Å². The van der Waals surface area contributed by atoms with Crippen molar-refractivity contribution in [3.8, 4) is 11.3 Å². The number of amides is 1. The molecular weight excluding hydrogens is 388 g/mol. The molecule has 0 saturated carbocycles. The molecule has 1 N–H and O–H groups in total. The monoisotopic (exact) mass is 400 g/mol. The first kappa shape index (κ1) is 18.8. The van der Waals surface area contributed by atoms with Crippen molar-refractivity contribution in [3.63, 3.8) is 0 Å². The number of hydrogen-bond donors (Lipinski definition) is 1. The lowest BCUT2D eigenvalue weighted by atomic mass is 10.1. The number of carbonyl (C=O) groups is 3. The molecule has 0 aliphatic rings. The molecule has 0 aliphatic carbocycles. The van der Waals surface area contributed by atoms with E-state index in [4.69, 9.17) is 16.3 Å². The highest BCUT2D eigenvalue weighted by Gasteiger charge is 2.13. The average Bonchev–Trinajstić information content (AvgIpc) is 3.14. The number of aromatic nitrogens is 1. The molecule has 1 amide bonds. The molecule has 0 aliphatic heterocycles. The molecule has 1 heterocycles. The number of thiazole rings is 1. The Morgan fingerprint density at radius 2 is 1.89 bits per heavy atom. The van der Waals surface area contributed by atoms with Gasteiger partial charge < -0.3 is 4.74 Å². The first-order chi connectivity index (χ1) is 13.1. The van der Waals surface area contributed by atoms with Crippen molar-refractivity contribution in [2.24, 2.45) is 0 Å². The van der Waals surface area contributed by atoms with Crippen LogP contribution in [0.1, 0.15) is 20.7 Å². The zero-order valence-electron chi connectivity index (χ0n) is 13.8. The number of esters is 1. The molecule has 0 atom stereocenters. The Balaban J connectivity index is 1.56. The van der Waals surface area contributed by atoms with Gasteiger partial charge in [-0.15, -0.1) is 11.3 Å². The van der Waals surface area contributed by atoms with Gasteiger partial charge in [0.1, 0.15) is 6.29 Å². The van der Waals surface area contributed by atoms with Crippen molar-refractivity contribution >= 4 is 46.2 Å². The minimum atomic E-state index is -0.654. The molecule has 3 rings (SSSR count). The highest BCUT2D eigenvalue weighted by atomic mass is 35.5. The van der Waals surface area contributed by atoms with Crippen LogP contribution in [-0.2, 0) is 9.53 Å². The molecule has 0 saturated heterocycles. The van der Waals surface area contributed by atoms with Crippen LogP contribution < -0.4 is 5.32 Å². The topological polar surface area (TPSA) is 85.4 Å². The summed E-state index contributed by atoms with van der Waals surface area (Å²) in [5.74, 6) is -1.16. The molecule has 1 aromatic heterocycles. The predicted octanol–water partition coefficient (Wildman–Crippen LogP) is 4.07. The van der Waals surface area contributed by atoms with E-state index in [1.807, 2.05) is 18.2 Å². The van der Waals surface area contributed by atoms with Crippen molar-refractivity contribution in [2.75, 3.05) is 11.9 Å². The van der Waals surface area contributed by atoms with Crippen molar-refractivity contribution in [2.45, 2.75) is 0 Å². The van der Waals surface area contributed by atoms with Crippen LogP contribution in [0.4, 0.5) is 5.13 Å². The Bertz CT molecular complexity index is 985. The first-order valence-corrected chi connectivity index (χ1v) is 9.05. The second-order valence-electron chi connectivity index (χ2n) is 5.38. The summed E-state index contributed by atoms with van der Waals surface area (Å²) in [6, 6.07) is 13.2. The van der Waals surface area contributed by atoms with Crippen molar-refractivity contribution < 1.29 is 19.1 Å². The van der Waals surface area contributed by atoms with Gasteiger partial charge in [0.15, 0.2) is 11.7 Å². The van der Waals surface area contributed by atoms with E-state index in [1.165, 1.54) is 35.6 Å². The summed E-state index contributed by atoms with van der Waals surface area (Å²) in [6.45, 7) is -0.449. The lowest BCUT2D eigenvalue weighted by Gasteiger charge is -2.05. The normalized spacial score (nSPS) is 10.3. The summed E-state index contributed by atoms with van der Waals surface area (Å²) >= 11 is 7.38. The molecule has 0 unspecified atom stereocenters. The summed E-state index contributed by atoms with van der Waals surface area (Å²) in [5.41, 5.74) is 2.11. The van der Waals surface area contributed by atoms with Gasteiger partial charge in [0, 0.05) is 21.5 Å². The number of rotatable bonds is 6. The molecule has 136 valence electrons. The van der Waals surface area contributed by atoms with E-state index in [0.29, 0.717) is 27.7 Å². The SMILES string of the molecule is O=Cc1ccc(C(=O)OCC(=O)Nc2nc(-c3ccccc3Cl)cs2)cc1. The van der Waals surface area contributed by atoms with E-state index in [9.17, 15) is 14.4 Å². The maximum atomic E-state index is 12.0. The fourth-order valence-corrected chi connectivity index (χ4v) is 3.15. The van der Waals surface area contributed by atoms with Crippen LogP contribution in [0.5, 0.6) is 0 Å². The second kappa shape index (κ2) is 8.57. The molecule has 8 heteroatoms. The number of nitrogens with one attached hydrogen (secondary N) is 1. The number of halogens is 1. The first-order valence-electron chi connectivity index (χ1n) is 7.79. The van der Waals surface area contributed by atoms with Crippen LogP contribution in [-0.4, -0.2) is 29.8 Å². The van der Waals surface area contributed by atoms with Crippen molar-refractivity contribution in [3.05, 3.63) is 70.1 Å². The van der Waals surface area contributed by atoms with Crippen molar-refractivity contribution in [1.82, 2.24) is 4.98 Å². The van der Waals surface area contributed by atoms with Gasteiger partial charge in [-0.25, -0.2) is 9.78 Å². The Hall–Kier alpha value is -3.03. The van der Waals surface area contributed by atoms with Gasteiger partial charge in [-0.3, -0.25) is 14.9 Å². The molecule has 0 bridgehead atoms. The van der Waals surface area contributed by atoms with Crippen LogP contribution in [0.25, 0.3) is 11.3 Å². The Morgan fingerprint density at radius 1 is 1.15 bits per heavy atom. The van der Waals surface area contributed by atoms with Gasteiger partial charge in [0.05, 0.1) is 11.3 Å². The molecule has 0 spiro atoms. The van der Waals surface area contributed by atoms with E-state index in [0.717, 1.165) is 5.56 Å². The maximum Gasteiger partial charge on any atom is 0.338 e. The van der Waals surface area contributed by atoms with Crippen LogP contribution >= 0.6 is 22.9 Å². The molecule has 27 heavy (non-hydrogen) atoms. The number of hydrogen-bond acceptors (Lipinski definition) is 6. The number of anilines is 1. The summed E-state index contributed by atoms with van der Waals surface area (Å²) in [6.07, 6.45) is 0.674. The summed E-state index contributed by atoms with van der Waals surface area (Å²) in [7, 11) is 0. The fraction of sp³-hybridized carbons (Fsp3) is 0.0526. The third-order valence-electron chi connectivity index (χ3n) is 3.52. The van der Waals surface area contributed by atoms with Gasteiger partial charge in [0.25, 0.3) is 5.91 Å². The summed E-state index contributed by atoms with van der Waals surface area (Å²) < 4.78 is 4.96. The largest absolute Gasteiger partial charge is 0.452 e. The van der Waals surface area contributed by atoms with Gasteiger partial charge in [-0.1, -0.05) is 41.9 Å². The smallest absolute Gasteiger partial charge is 0.338 e. The van der Waals surface area contributed by atoms with Gasteiger partial charge in [-0.2, -0.15) is 0 Å². The molecule has 0 radical (unpaired) electrons. The molecule has 6 nitrogen and oxygen atoms in total. The zero-order chi connectivity index (χ0) is 19.2. The molecule has 2 aromatic carbocycles. The highest BCUT2D eigenvalue weighted by Crippen LogP contribution is 2.30. The lowest BCUT2D eigenvalue weighted by molar-refractivity contribution is -0.119. The van der Waals surface area contributed by atoms with E-state index in [-0.39, 0.29) is 5.56 Å². The van der Waals surface area contributed by atoms with E-state index < -0.39 is 18.5 Å². The average molecular weight is 401 g/mol. The van der Waals surface area contributed by atoms with E-state index in [2.05, 4.69) is 10.3 Å². The highest BCUT2D eigenvalue weighted by molar-refractivity contribution is 7.14. The standard InChI is InChI=1S/C19H13ClN2O4S/c20-15-4-2-1-3-14(15)16-11-27-19(21-16)22-17(24)10-26-18(25)13-7-5-12(9-23)6-8-13/h1-9,11H,10H2,(H,21,22,24). The number of benzene rings is 2. The second-order valence-corrected chi connectivity index (χ2v) is 6.65. The number of aldehydes is 1. The van der Waals surface area contributed by atoms with Gasteiger partial charge >= 0.3 is 5.97 Å². The Kier molecular flexibility index (Phi) is 5.95. The van der Waals surface area contributed by atoms with Gasteiger partial charge in [0.2, 0.25) is 0 Å². The molecule has 0 fully saturated rings. The van der Waals surface area contributed by atoms with Crippen LogP contribution in [0.3, 0.4) is 0 Å². The Labute approximate surface area is 163 Å². The zero-order valence-corrected chi connectivity index (χ0v) is 15.4.